The fraction of sp³-hybridized carbons (Fsp3) is 0.533. The van der Waals surface area contributed by atoms with Gasteiger partial charge in [0.15, 0.2) is 0 Å². The Balaban J connectivity index is 2.06. The van der Waals surface area contributed by atoms with Gasteiger partial charge in [-0.2, -0.15) is 0 Å². The summed E-state index contributed by atoms with van der Waals surface area (Å²) in [5.74, 6) is 2.16. The van der Waals surface area contributed by atoms with Crippen LogP contribution in [0.3, 0.4) is 0 Å². The molecule has 19 heavy (non-hydrogen) atoms. The average molecular weight is 263 g/mol. The molecule has 0 spiro atoms. The Kier molecular flexibility index (Phi) is 4.66. The summed E-state index contributed by atoms with van der Waals surface area (Å²) >= 11 is 0. The highest BCUT2D eigenvalue weighted by atomic mass is 16.5. The minimum atomic E-state index is 0.124. The number of fused-ring (bicyclic) bond motifs is 1. The summed E-state index contributed by atoms with van der Waals surface area (Å²) in [5, 5.41) is 3.00. The first kappa shape index (κ1) is 13.7. The second-order valence-electron chi connectivity index (χ2n) is 4.79. The molecule has 1 aromatic carbocycles. The average Bonchev–Trinajstić information content (AvgIpc) is 2.44. The van der Waals surface area contributed by atoms with Gasteiger partial charge in [-0.25, -0.2) is 0 Å². The molecule has 1 atom stereocenters. The number of rotatable bonds is 5. The van der Waals surface area contributed by atoms with Crippen LogP contribution in [0, 0.1) is 0 Å². The molecule has 0 radical (unpaired) electrons. The minimum Gasteiger partial charge on any atom is -0.497 e. The van der Waals surface area contributed by atoms with E-state index in [-0.39, 0.29) is 5.91 Å². The van der Waals surface area contributed by atoms with E-state index in [1.165, 1.54) is 0 Å². The van der Waals surface area contributed by atoms with Crippen LogP contribution < -0.4 is 14.8 Å². The van der Waals surface area contributed by atoms with Gasteiger partial charge in [0.25, 0.3) is 0 Å². The lowest BCUT2D eigenvalue weighted by Gasteiger charge is -2.26. The van der Waals surface area contributed by atoms with Gasteiger partial charge in [-0.15, -0.1) is 0 Å². The maximum Gasteiger partial charge on any atom is 0.220 e. The molecule has 0 fully saturated rings. The molecule has 1 heterocycles. The fourth-order valence-electron chi connectivity index (χ4n) is 2.34. The zero-order valence-corrected chi connectivity index (χ0v) is 11.6. The minimum absolute atomic E-state index is 0.124. The molecule has 2 rings (SSSR count). The van der Waals surface area contributed by atoms with E-state index < -0.39 is 0 Å². The third-order valence-corrected chi connectivity index (χ3v) is 3.40. The lowest BCUT2D eigenvalue weighted by atomic mass is 9.93. The largest absolute Gasteiger partial charge is 0.497 e. The molecular formula is C15H21NO3. The SMILES string of the molecule is CCCC(=O)NCC1CCOc2ccc(OC)cc21. The van der Waals surface area contributed by atoms with Crippen LogP contribution in [0.2, 0.25) is 0 Å². The number of methoxy groups -OCH3 is 1. The highest BCUT2D eigenvalue weighted by molar-refractivity contribution is 5.75. The van der Waals surface area contributed by atoms with Crippen LogP contribution in [0.25, 0.3) is 0 Å². The predicted octanol–water partition coefficient (Wildman–Crippen LogP) is 2.48. The molecule has 0 aliphatic carbocycles. The molecule has 4 nitrogen and oxygen atoms in total. The zero-order valence-electron chi connectivity index (χ0n) is 11.6. The Bertz CT molecular complexity index is 445. The van der Waals surface area contributed by atoms with Crippen LogP contribution in [0.5, 0.6) is 11.5 Å². The summed E-state index contributed by atoms with van der Waals surface area (Å²) in [6.45, 7) is 3.38. The van der Waals surface area contributed by atoms with Gasteiger partial charge in [-0.3, -0.25) is 4.79 Å². The van der Waals surface area contributed by atoms with Crippen molar-refractivity contribution in [3.8, 4) is 11.5 Å². The van der Waals surface area contributed by atoms with Crippen molar-refractivity contribution in [2.45, 2.75) is 32.1 Å². The number of amides is 1. The molecule has 104 valence electrons. The number of carbonyl (C=O) groups is 1. The monoisotopic (exact) mass is 263 g/mol. The van der Waals surface area contributed by atoms with Gasteiger partial charge in [0.1, 0.15) is 11.5 Å². The highest BCUT2D eigenvalue weighted by Crippen LogP contribution is 2.35. The topological polar surface area (TPSA) is 47.6 Å². The molecule has 0 aromatic heterocycles. The maximum absolute atomic E-state index is 11.6. The van der Waals surface area contributed by atoms with Gasteiger partial charge in [0.2, 0.25) is 5.91 Å². The maximum atomic E-state index is 11.6. The summed E-state index contributed by atoms with van der Waals surface area (Å²) < 4.78 is 10.9. The number of nitrogens with one attached hydrogen (secondary N) is 1. The van der Waals surface area contributed by atoms with Crippen molar-refractivity contribution >= 4 is 5.91 Å². The van der Waals surface area contributed by atoms with Crippen LogP contribution in [0.1, 0.15) is 37.7 Å². The summed E-state index contributed by atoms with van der Waals surface area (Å²) in [4.78, 5) is 11.6. The molecule has 1 amide bonds. The third-order valence-electron chi connectivity index (χ3n) is 3.40. The number of benzene rings is 1. The first-order chi connectivity index (χ1) is 9.24. The van der Waals surface area contributed by atoms with E-state index in [1.807, 2.05) is 25.1 Å². The molecule has 4 heteroatoms. The van der Waals surface area contributed by atoms with Crippen LogP contribution in [0.4, 0.5) is 0 Å². The lowest BCUT2D eigenvalue weighted by Crippen LogP contribution is -2.30. The molecule has 1 aliphatic rings. The fourth-order valence-corrected chi connectivity index (χ4v) is 2.34. The van der Waals surface area contributed by atoms with E-state index in [2.05, 4.69) is 5.32 Å². The molecule has 1 N–H and O–H groups in total. The van der Waals surface area contributed by atoms with Crippen LogP contribution >= 0.6 is 0 Å². The zero-order chi connectivity index (χ0) is 13.7. The van der Waals surface area contributed by atoms with Crippen molar-refractivity contribution in [1.29, 1.82) is 0 Å². The van der Waals surface area contributed by atoms with Crippen molar-refractivity contribution in [2.24, 2.45) is 0 Å². The molecule has 0 saturated carbocycles. The second kappa shape index (κ2) is 6.45. The van der Waals surface area contributed by atoms with Gasteiger partial charge in [0.05, 0.1) is 13.7 Å². The van der Waals surface area contributed by atoms with E-state index >= 15 is 0 Å². The standard InChI is InChI=1S/C15H21NO3/c1-3-4-15(17)16-10-11-7-8-19-14-6-5-12(18-2)9-13(11)14/h5-6,9,11H,3-4,7-8,10H2,1-2H3,(H,16,17). The Morgan fingerprint density at radius 2 is 2.37 bits per heavy atom. The van der Waals surface area contributed by atoms with Crippen molar-refractivity contribution in [3.05, 3.63) is 23.8 Å². The number of ether oxygens (including phenoxy) is 2. The number of hydrogen-bond acceptors (Lipinski definition) is 3. The van der Waals surface area contributed by atoms with Crippen molar-refractivity contribution in [1.82, 2.24) is 5.32 Å². The first-order valence-electron chi connectivity index (χ1n) is 6.82. The van der Waals surface area contributed by atoms with E-state index in [0.717, 1.165) is 29.9 Å². The van der Waals surface area contributed by atoms with Gasteiger partial charge in [-0.1, -0.05) is 6.92 Å². The number of carbonyl (C=O) groups excluding carboxylic acids is 1. The molecule has 1 unspecified atom stereocenters. The molecule has 1 aromatic rings. The van der Waals surface area contributed by atoms with E-state index in [0.29, 0.717) is 25.5 Å². The molecule has 0 bridgehead atoms. The van der Waals surface area contributed by atoms with Gasteiger partial charge < -0.3 is 14.8 Å². The summed E-state index contributed by atoms with van der Waals surface area (Å²) in [5.41, 5.74) is 1.13. The van der Waals surface area contributed by atoms with E-state index in [1.54, 1.807) is 7.11 Å². The van der Waals surface area contributed by atoms with Gasteiger partial charge in [0, 0.05) is 24.4 Å². The Morgan fingerprint density at radius 3 is 3.11 bits per heavy atom. The molecular weight excluding hydrogens is 242 g/mol. The first-order valence-corrected chi connectivity index (χ1v) is 6.82. The predicted molar refractivity (Wildman–Crippen MR) is 73.8 cm³/mol. The number of hydrogen-bond donors (Lipinski definition) is 1. The normalized spacial score (nSPS) is 17.3. The van der Waals surface area contributed by atoms with E-state index in [9.17, 15) is 4.79 Å². The molecule has 1 aliphatic heterocycles. The Morgan fingerprint density at radius 1 is 1.53 bits per heavy atom. The Labute approximate surface area is 114 Å². The van der Waals surface area contributed by atoms with Gasteiger partial charge >= 0.3 is 0 Å². The summed E-state index contributed by atoms with van der Waals surface area (Å²) in [7, 11) is 1.66. The smallest absolute Gasteiger partial charge is 0.220 e. The quantitative estimate of drug-likeness (QED) is 0.887. The molecule has 0 saturated heterocycles. The highest BCUT2D eigenvalue weighted by Gasteiger charge is 2.22. The Hall–Kier alpha value is -1.71. The van der Waals surface area contributed by atoms with Crippen molar-refractivity contribution < 1.29 is 14.3 Å². The second-order valence-corrected chi connectivity index (χ2v) is 4.79. The summed E-state index contributed by atoms with van der Waals surface area (Å²) in [6, 6.07) is 5.84. The van der Waals surface area contributed by atoms with Gasteiger partial charge in [-0.05, 0) is 31.0 Å². The van der Waals surface area contributed by atoms with Crippen LogP contribution in [-0.2, 0) is 4.79 Å². The van der Waals surface area contributed by atoms with Crippen molar-refractivity contribution in [3.63, 3.8) is 0 Å². The van der Waals surface area contributed by atoms with Crippen LogP contribution in [-0.4, -0.2) is 26.2 Å². The van der Waals surface area contributed by atoms with Crippen LogP contribution in [0.15, 0.2) is 18.2 Å². The summed E-state index contributed by atoms with van der Waals surface area (Å²) in [6.07, 6.45) is 2.39. The van der Waals surface area contributed by atoms with E-state index in [4.69, 9.17) is 9.47 Å². The third kappa shape index (κ3) is 3.40. The van der Waals surface area contributed by atoms with Crippen molar-refractivity contribution in [2.75, 3.05) is 20.3 Å². The lowest BCUT2D eigenvalue weighted by molar-refractivity contribution is -0.121.